The highest BCUT2D eigenvalue weighted by atomic mass is 32.1. The molecule has 0 radical (unpaired) electrons. The van der Waals surface area contributed by atoms with Gasteiger partial charge in [-0.05, 0) is 25.2 Å². The topological polar surface area (TPSA) is 50.2 Å². The van der Waals surface area contributed by atoms with Crippen LogP contribution in [0.5, 0.6) is 0 Å². The van der Waals surface area contributed by atoms with E-state index in [-0.39, 0.29) is 0 Å². The summed E-state index contributed by atoms with van der Waals surface area (Å²) >= 11 is 1.65. The molecule has 0 saturated heterocycles. The van der Waals surface area contributed by atoms with Gasteiger partial charge in [-0.15, -0.1) is 11.3 Å². The van der Waals surface area contributed by atoms with Crippen molar-refractivity contribution in [3.05, 3.63) is 16.1 Å². The van der Waals surface area contributed by atoms with E-state index in [1.165, 1.54) is 10.6 Å². The van der Waals surface area contributed by atoms with E-state index in [9.17, 15) is 4.79 Å². The lowest BCUT2D eigenvalue weighted by atomic mass is 9.89. The van der Waals surface area contributed by atoms with E-state index < -0.39 is 5.97 Å². The molecule has 0 amide bonds. The summed E-state index contributed by atoms with van der Waals surface area (Å²) in [7, 11) is 0. The second-order valence-corrected chi connectivity index (χ2v) is 4.37. The Kier molecular flexibility index (Phi) is 2.31. The summed E-state index contributed by atoms with van der Waals surface area (Å²) in [5.74, 6) is -0.358. The number of carbonyl (C=O) groups is 1. The average molecular weight is 197 g/mol. The molecule has 1 N–H and O–H groups in total. The monoisotopic (exact) mass is 197 g/mol. The van der Waals surface area contributed by atoms with Crippen molar-refractivity contribution in [2.75, 3.05) is 0 Å². The summed E-state index contributed by atoms with van der Waals surface area (Å²) in [5.41, 5.74) is 3.04. The summed E-state index contributed by atoms with van der Waals surface area (Å²) in [5, 5.41) is 8.65. The molecular weight excluding hydrogens is 186 g/mol. The lowest BCUT2D eigenvalue weighted by Crippen LogP contribution is -2.16. The maximum absolute atomic E-state index is 10.5. The van der Waals surface area contributed by atoms with Gasteiger partial charge >= 0.3 is 5.97 Å². The lowest BCUT2D eigenvalue weighted by molar-refractivity contribution is -0.138. The molecule has 70 valence electrons. The molecule has 0 spiro atoms. The van der Waals surface area contributed by atoms with E-state index >= 15 is 0 Å². The third-order valence-electron chi connectivity index (χ3n) is 2.45. The number of hydrogen-bond donors (Lipinski definition) is 1. The zero-order chi connectivity index (χ0) is 9.26. The third-order valence-corrected chi connectivity index (χ3v) is 3.35. The first-order valence-corrected chi connectivity index (χ1v) is 5.26. The van der Waals surface area contributed by atoms with Gasteiger partial charge in [-0.3, -0.25) is 4.79 Å². The second-order valence-electron chi connectivity index (χ2n) is 3.43. The number of hydrogen-bond acceptors (Lipinski definition) is 3. The van der Waals surface area contributed by atoms with Crippen LogP contribution in [0.2, 0.25) is 0 Å². The first-order valence-electron chi connectivity index (χ1n) is 4.38. The average Bonchev–Trinajstić information content (AvgIpc) is 2.49. The van der Waals surface area contributed by atoms with Crippen molar-refractivity contribution < 1.29 is 9.90 Å². The van der Waals surface area contributed by atoms with E-state index in [4.69, 9.17) is 5.11 Å². The van der Waals surface area contributed by atoms with Gasteiger partial charge in [0.2, 0.25) is 0 Å². The fourth-order valence-corrected chi connectivity index (χ4v) is 2.72. The van der Waals surface area contributed by atoms with E-state index in [0.717, 1.165) is 19.3 Å². The number of aromatic nitrogens is 1. The molecule has 0 saturated carbocycles. The fraction of sp³-hybridized carbons (Fsp3) is 0.556. The lowest BCUT2D eigenvalue weighted by Gasteiger charge is -2.18. The minimum Gasteiger partial charge on any atom is -0.481 e. The van der Waals surface area contributed by atoms with Crippen molar-refractivity contribution in [3.63, 3.8) is 0 Å². The summed E-state index contributed by atoms with van der Waals surface area (Å²) in [6.07, 6.45) is 3.14. The van der Waals surface area contributed by atoms with Gasteiger partial charge in [0.25, 0.3) is 0 Å². The third kappa shape index (κ3) is 1.88. The normalized spacial score (nSPS) is 21.1. The maximum Gasteiger partial charge on any atom is 0.303 e. The van der Waals surface area contributed by atoms with Gasteiger partial charge in [0.15, 0.2) is 0 Å². The Morgan fingerprint density at radius 1 is 1.77 bits per heavy atom. The Morgan fingerprint density at radius 2 is 2.62 bits per heavy atom. The van der Waals surface area contributed by atoms with Gasteiger partial charge < -0.3 is 5.11 Å². The van der Waals surface area contributed by atoms with Crippen molar-refractivity contribution in [1.82, 2.24) is 4.98 Å². The SMILES string of the molecule is O=C(O)CC1CCc2ncsc2C1. The summed E-state index contributed by atoms with van der Waals surface area (Å²) < 4.78 is 0. The van der Waals surface area contributed by atoms with Crippen LogP contribution < -0.4 is 0 Å². The molecule has 1 heterocycles. The van der Waals surface area contributed by atoms with Crippen LogP contribution in [-0.2, 0) is 17.6 Å². The zero-order valence-electron chi connectivity index (χ0n) is 7.19. The van der Waals surface area contributed by atoms with Crippen LogP contribution in [-0.4, -0.2) is 16.1 Å². The van der Waals surface area contributed by atoms with Crippen LogP contribution in [0, 0.1) is 5.92 Å². The number of thiazole rings is 1. The first-order chi connectivity index (χ1) is 6.25. The van der Waals surface area contributed by atoms with Gasteiger partial charge in [-0.2, -0.15) is 0 Å². The van der Waals surface area contributed by atoms with E-state index in [1.54, 1.807) is 11.3 Å². The molecule has 4 heteroatoms. The molecule has 1 atom stereocenters. The van der Waals surface area contributed by atoms with E-state index in [2.05, 4.69) is 4.98 Å². The van der Waals surface area contributed by atoms with Gasteiger partial charge in [-0.25, -0.2) is 4.98 Å². The highest BCUT2D eigenvalue weighted by Crippen LogP contribution is 2.29. The quantitative estimate of drug-likeness (QED) is 0.785. The Bertz CT molecular complexity index is 321. The molecule has 1 aliphatic carbocycles. The molecule has 1 aromatic rings. The molecule has 13 heavy (non-hydrogen) atoms. The van der Waals surface area contributed by atoms with Crippen molar-refractivity contribution in [2.24, 2.45) is 5.92 Å². The van der Waals surface area contributed by atoms with Crippen molar-refractivity contribution in [3.8, 4) is 0 Å². The Labute approximate surface area is 80.4 Å². The van der Waals surface area contributed by atoms with Crippen LogP contribution in [0.1, 0.15) is 23.4 Å². The molecular formula is C9H11NO2S. The zero-order valence-corrected chi connectivity index (χ0v) is 8.01. The molecule has 0 aliphatic heterocycles. The second kappa shape index (κ2) is 3.46. The van der Waals surface area contributed by atoms with Crippen LogP contribution in [0.3, 0.4) is 0 Å². The summed E-state index contributed by atoms with van der Waals surface area (Å²) in [4.78, 5) is 16.0. The van der Waals surface area contributed by atoms with Gasteiger partial charge in [0.05, 0.1) is 11.2 Å². The Balaban J connectivity index is 2.04. The summed E-state index contributed by atoms with van der Waals surface area (Å²) in [6.45, 7) is 0. The molecule has 0 aromatic carbocycles. The molecule has 2 rings (SSSR count). The highest BCUT2D eigenvalue weighted by Gasteiger charge is 2.22. The standard InChI is InChI=1S/C9H11NO2S/c11-9(12)4-6-1-2-7-8(3-6)13-5-10-7/h5-6H,1-4H2,(H,11,12). The van der Waals surface area contributed by atoms with Crippen molar-refractivity contribution in [1.29, 1.82) is 0 Å². The van der Waals surface area contributed by atoms with Gasteiger partial charge in [-0.1, -0.05) is 0 Å². The largest absolute Gasteiger partial charge is 0.481 e. The number of nitrogens with zero attached hydrogens (tertiary/aromatic N) is 1. The van der Waals surface area contributed by atoms with E-state index in [0.29, 0.717) is 12.3 Å². The molecule has 1 aromatic heterocycles. The number of carboxylic acids is 1. The predicted octanol–water partition coefficient (Wildman–Crippen LogP) is 1.72. The molecule has 3 nitrogen and oxygen atoms in total. The van der Waals surface area contributed by atoms with Crippen molar-refractivity contribution in [2.45, 2.75) is 25.7 Å². The molecule has 0 fully saturated rings. The number of fused-ring (bicyclic) bond motifs is 1. The maximum atomic E-state index is 10.5. The number of aryl methyl sites for hydroxylation is 1. The molecule has 1 aliphatic rings. The number of rotatable bonds is 2. The number of carboxylic acid groups (broad SMARTS) is 1. The minimum absolute atomic E-state index is 0.303. The van der Waals surface area contributed by atoms with Gasteiger partial charge in [0.1, 0.15) is 0 Å². The van der Waals surface area contributed by atoms with Crippen LogP contribution >= 0.6 is 11.3 Å². The van der Waals surface area contributed by atoms with Crippen LogP contribution in [0.25, 0.3) is 0 Å². The molecule has 0 bridgehead atoms. The van der Waals surface area contributed by atoms with Crippen LogP contribution in [0.4, 0.5) is 0 Å². The number of aliphatic carboxylic acids is 1. The highest BCUT2D eigenvalue weighted by molar-refractivity contribution is 7.09. The fourth-order valence-electron chi connectivity index (χ4n) is 1.79. The Hall–Kier alpha value is -0.900. The van der Waals surface area contributed by atoms with Crippen LogP contribution in [0.15, 0.2) is 5.51 Å². The minimum atomic E-state index is -0.682. The Morgan fingerprint density at radius 3 is 3.38 bits per heavy atom. The smallest absolute Gasteiger partial charge is 0.303 e. The predicted molar refractivity (Wildman–Crippen MR) is 49.9 cm³/mol. The van der Waals surface area contributed by atoms with Gasteiger partial charge in [0, 0.05) is 11.3 Å². The van der Waals surface area contributed by atoms with E-state index in [1.807, 2.05) is 5.51 Å². The molecule has 1 unspecified atom stereocenters. The first kappa shape index (κ1) is 8.69. The van der Waals surface area contributed by atoms with Crippen molar-refractivity contribution >= 4 is 17.3 Å². The summed E-state index contributed by atoms with van der Waals surface area (Å²) in [6, 6.07) is 0.